The van der Waals surface area contributed by atoms with Crippen LogP contribution in [0.2, 0.25) is 0 Å². The molecule has 0 amide bonds. The van der Waals surface area contributed by atoms with Crippen LogP contribution in [-0.4, -0.2) is 13.2 Å². The van der Waals surface area contributed by atoms with E-state index in [4.69, 9.17) is 9.47 Å². The van der Waals surface area contributed by atoms with Crippen LogP contribution in [0.15, 0.2) is 12.1 Å². The van der Waals surface area contributed by atoms with E-state index in [1.165, 1.54) is 19.3 Å². The van der Waals surface area contributed by atoms with Crippen LogP contribution in [0, 0.1) is 35.3 Å². The first-order valence-electron chi connectivity index (χ1n) is 8.37. The van der Waals surface area contributed by atoms with Crippen molar-refractivity contribution >= 4 is 0 Å². The van der Waals surface area contributed by atoms with Crippen LogP contribution in [0.3, 0.4) is 0 Å². The molecule has 0 N–H and O–H groups in total. The van der Waals surface area contributed by atoms with Crippen LogP contribution in [0.25, 0.3) is 0 Å². The highest BCUT2D eigenvalue weighted by Crippen LogP contribution is 2.50. The first-order valence-corrected chi connectivity index (χ1v) is 8.37. The first-order chi connectivity index (χ1) is 10.6. The highest BCUT2D eigenvalue weighted by atomic mass is 19.2. The second-order valence-electron chi connectivity index (χ2n) is 7.13. The van der Waals surface area contributed by atoms with Gasteiger partial charge in [0, 0.05) is 5.56 Å². The van der Waals surface area contributed by atoms with Crippen molar-refractivity contribution in [2.75, 3.05) is 13.2 Å². The Morgan fingerprint density at radius 3 is 2.64 bits per heavy atom. The highest BCUT2D eigenvalue weighted by molar-refractivity contribution is 5.33. The lowest BCUT2D eigenvalue weighted by atomic mass is 9.90. The Labute approximate surface area is 129 Å². The fraction of sp³-hybridized carbons (Fsp3) is 0.667. The largest absolute Gasteiger partial charge is 0.490 e. The zero-order valence-corrected chi connectivity index (χ0v) is 12.9. The minimum Gasteiger partial charge on any atom is -0.490 e. The first kappa shape index (κ1) is 14.4. The SMILES string of the molecule is CC1CCC2C(COc3ccc(C4CO4)c(F)c3F)CCC12. The summed E-state index contributed by atoms with van der Waals surface area (Å²) in [7, 11) is 0. The Morgan fingerprint density at radius 1 is 1.09 bits per heavy atom. The van der Waals surface area contributed by atoms with Gasteiger partial charge in [0.05, 0.1) is 13.2 Å². The van der Waals surface area contributed by atoms with Crippen molar-refractivity contribution in [3.63, 3.8) is 0 Å². The average Bonchev–Trinajstić information content (AvgIpc) is 3.16. The van der Waals surface area contributed by atoms with Gasteiger partial charge in [0.25, 0.3) is 0 Å². The molecule has 1 heterocycles. The van der Waals surface area contributed by atoms with E-state index < -0.39 is 11.6 Å². The summed E-state index contributed by atoms with van der Waals surface area (Å²) in [6, 6.07) is 3.12. The van der Waals surface area contributed by atoms with Crippen molar-refractivity contribution in [3.05, 3.63) is 29.3 Å². The van der Waals surface area contributed by atoms with Gasteiger partial charge in [0.1, 0.15) is 6.10 Å². The van der Waals surface area contributed by atoms with Gasteiger partial charge in [0.15, 0.2) is 11.6 Å². The van der Waals surface area contributed by atoms with Crippen molar-refractivity contribution in [2.45, 2.75) is 38.7 Å². The normalized spacial score (nSPS) is 36.4. The van der Waals surface area contributed by atoms with Crippen LogP contribution in [0.5, 0.6) is 5.75 Å². The summed E-state index contributed by atoms with van der Waals surface area (Å²) in [5.41, 5.74) is 0.301. The molecule has 3 fully saturated rings. The predicted octanol–water partition coefficient (Wildman–Crippen LogP) is 4.49. The number of hydrogen-bond donors (Lipinski definition) is 0. The van der Waals surface area contributed by atoms with E-state index in [0.717, 1.165) is 18.3 Å². The van der Waals surface area contributed by atoms with E-state index >= 15 is 0 Å². The standard InChI is InChI=1S/C18H22F2O2/c1-10-2-4-13-11(3-5-12(10)13)8-21-15-7-6-14(16-9-22-16)17(19)18(15)20/h6-7,10-13,16H,2-5,8-9H2,1H3. The van der Waals surface area contributed by atoms with Crippen molar-refractivity contribution in [3.8, 4) is 5.75 Å². The van der Waals surface area contributed by atoms with E-state index in [1.54, 1.807) is 12.1 Å². The lowest BCUT2D eigenvalue weighted by Crippen LogP contribution is -2.18. The number of rotatable bonds is 4. The van der Waals surface area contributed by atoms with E-state index in [-0.39, 0.29) is 11.9 Å². The maximum absolute atomic E-state index is 14.1. The molecule has 1 aromatic carbocycles. The molecule has 3 aliphatic rings. The van der Waals surface area contributed by atoms with Gasteiger partial charge in [-0.15, -0.1) is 0 Å². The molecule has 1 aliphatic heterocycles. The Balaban J connectivity index is 1.43. The maximum Gasteiger partial charge on any atom is 0.200 e. The summed E-state index contributed by atoms with van der Waals surface area (Å²) in [6.07, 6.45) is 4.69. The summed E-state index contributed by atoms with van der Waals surface area (Å²) in [5.74, 6) is 1.16. The summed E-state index contributed by atoms with van der Waals surface area (Å²) >= 11 is 0. The average molecular weight is 308 g/mol. The number of ether oxygens (including phenoxy) is 2. The minimum atomic E-state index is -0.873. The molecule has 22 heavy (non-hydrogen) atoms. The van der Waals surface area contributed by atoms with Crippen LogP contribution in [-0.2, 0) is 4.74 Å². The van der Waals surface area contributed by atoms with Crippen molar-refractivity contribution < 1.29 is 18.3 Å². The molecule has 0 bridgehead atoms. The molecule has 1 aromatic rings. The van der Waals surface area contributed by atoms with E-state index in [1.807, 2.05) is 0 Å². The molecule has 0 radical (unpaired) electrons. The van der Waals surface area contributed by atoms with Crippen molar-refractivity contribution in [2.24, 2.45) is 23.7 Å². The Morgan fingerprint density at radius 2 is 1.86 bits per heavy atom. The molecular formula is C18H22F2O2. The number of epoxide rings is 1. The summed E-state index contributed by atoms with van der Waals surface area (Å²) in [6.45, 7) is 3.31. The van der Waals surface area contributed by atoms with Gasteiger partial charge in [-0.1, -0.05) is 13.3 Å². The maximum atomic E-state index is 14.1. The molecular weight excluding hydrogens is 286 g/mol. The van der Waals surface area contributed by atoms with Gasteiger partial charge in [-0.25, -0.2) is 4.39 Å². The molecule has 0 aromatic heterocycles. The van der Waals surface area contributed by atoms with Crippen molar-refractivity contribution in [1.82, 2.24) is 0 Å². The van der Waals surface area contributed by atoms with Crippen LogP contribution >= 0.6 is 0 Å². The van der Waals surface area contributed by atoms with Crippen LogP contribution in [0.1, 0.15) is 44.3 Å². The zero-order chi connectivity index (χ0) is 15.3. The van der Waals surface area contributed by atoms with Crippen LogP contribution < -0.4 is 4.74 Å². The number of hydrogen-bond acceptors (Lipinski definition) is 2. The second kappa shape index (κ2) is 5.48. The third-order valence-electron chi connectivity index (χ3n) is 5.92. The lowest BCUT2D eigenvalue weighted by molar-refractivity contribution is 0.195. The van der Waals surface area contributed by atoms with E-state index in [0.29, 0.717) is 30.6 Å². The smallest absolute Gasteiger partial charge is 0.200 e. The Bertz CT molecular complexity index is 570. The number of fused-ring (bicyclic) bond motifs is 1. The monoisotopic (exact) mass is 308 g/mol. The molecule has 4 rings (SSSR count). The number of halogens is 2. The third-order valence-corrected chi connectivity index (χ3v) is 5.92. The number of benzene rings is 1. The van der Waals surface area contributed by atoms with E-state index in [9.17, 15) is 8.78 Å². The Kier molecular flexibility index (Phi) is 3.60. The predicted molar refractivity (Wildman–Crippen MR) is 78.6 cm³/mol. The minimum absolute atomic E-state index is 0.0383. The van der Waals surface area contributed by atoms with Gasteiger partial charge in [0.2, 0.25) is 5.82 Å². The Hall–Kier alpha value is -1.16. The molecule has 1 saturated heterocycles. The van der Waals surface area contributed by atoms with Gasteiger partial charge in [-0.3, -0.25) is 0 Å². The van der Waals surface area contributed by atoms with E-state index in [2.05, 4.69) is 6.92 Å². The molecule has 2 nitrogen and oxygen atoms in total. The fourth-order valence-electron chi connectivity index (χ4n) is 4.55. The van der Waals surface area contributed by atoms with Gasteiger partial charge in [-0.05, 0) is 55.1 Å². The molecule has 5 atom stereocenters. The summed E-state index contributed by atoms with van der Waals surface area (Å²) < 4.78 is 38.7. The van der Waals surface area contributed by atoms with Crippen LogP contribution in [0.4, 0.5) is 8.78 Å². The second-order valence-corrected chi connectivity index (χ2v) is 7.13. The van der Waals surface area contributed by atoms with Gasteiger partial charge < -0.3 is 9.47 Å². The van der Waals surface area contributed by atoms with Gasteiger partial charge in [-0.2, -0.15) is 4.39 Å². The quantitative estimate of drug-likeness (QED) is 0.765. The zero-order valence-electron chi connectivity index (χ0n) is 12.9. The molecule has 2 saturated carbocycles. The lowest BCUT2D eigenvalue weighted by Gasteiger charge is -2.20. The fourth-order valence-corrected chi connectivity index (χ4v) is 4.55. The molecule has 120 valence electrons. The summed E-state index contributed by atoms with van der Waals surface area (Å²) in [4.78, 5) is 0. The molecule has 5 unspecified atom stereocenters. The third kappa shape index (κ3) is 2.41. The summed E-state index contributed by atoms with van der Waals surface area (Å²) in [5, 5.41) is 0. The molecule has 0 spiro atoms. The molecule has 4 heteroatoms. The molecule has 2 aliphatic carbocycles. The van der Waals surface area contributed by atoms with Gasteiger partial charge >= 0.3 is 0 Å². The topological polar surface area (TPSA) is 21.8 Å². The highest BCUT2D eigenvalue weighted by Gasteiger charge is 2.43. The van der Waals surface area contributed by atoms with Crippen molar-refractivity contribution in [1.29, 1.82) is 0 Å².